The standard InChI is InChI=1S/C10H12N2O8.H3O4P/c13-2-4-6(15)7(16)8(20-4)12-3(9(17)18)1-5(14)11-10(12)19;1-5(2,3)4/h1,4,6-8,13,15-16H,2H2,(H,17,18)(H,11,14,19);(H3,1,2,3,4)/t4-,6-,7-,8-;/m1./s1. The molecule has 0 spiro atoms. The van der Waals surface area contributed by atoms with Gasteiger partial charge in [-0.15, -0.1) is 0 Å². The van der Waals surface area contributed by atoms with E-state index in [2.05, 4.69) is 0 Å². The molecule has 1 aromatic heterocycles. The molecule has 2 rings (SSSR count). The minimum Gasteiger partial charge on any atom is -0.477 e. The van der Waals surface area contributed by atoms with Gasteiger partial charge in [-0.1, -0.05) is 0 Å². The predicted molar refractivity (Wildman–Crippen MR) is 75.6 cm³/mol. The number of aromatic amines is 1. The van der Waals surface area contributed by atoms with Crippen LogP contribution in [-0.2, 0) is 9.30 Å². The number of nitrogens with one attached hydrogen (secondary N) is 1. The molecule has 0 aliphatic carbocycles. The molecule has 8 N–H and O–H groups in total. The molecule has 0 unspecified atom stereocenters. The topological polar surface area (TPSA) is 240 Å². The number of H-pyrrole nitrogens is 1. The Morgan fingerprint density at radius 3 is 2.16 bits per heavy atom. The molecule has 1 aromatic rings. The number of carboxylic acids is 1. The quantitative estimate of drug-likeness (QED) is 0.231. The van der Waals surface area contributed by atoms with E-state index in [4.69, 9.17) is 34.2 Å². The van der Waals surface area contributed by atoms with Gasteiger partial charge in [0.2, 0.25) is 0 Å². The first-order valence-electron chi connectivity index (χ1n) is 6.36. The van der Waals surface area contributed by atoms with Crippen LogP contribution >= 0.6 is 7.82 Å². The molecule has 25 heavy (non-hydrogen) atoms. The molecule has 14 nitrogen and oxygen atoms in total. The molecule has 15 heteroatoms. The fourth-order valence-corrected chi connectivity index (χ4v) is 2.02. The van der Waals surface area contributed by atoms with Crippen LogP contribution in [0.1, 0.15) is 16.7 Å². The lowest BCUT2D eigenvalue weighted by Gasteiger charge is -2.19. The first-order chi connectivity index (χ1) is 11.4. The molecular weight excluding hydrogens is 371 g/mol. The highest BCUT2D eigenvalue weighted by atomic mass is 31.2. The van der Waals surface area contributed by atoms with E-state index in [1.807, 2.05) is 4.98 Å². The number of hydrogen-bond acceptors (Lipinski definition) is 8. The zero-order valence-electron chi connectivity index (χ0n) is 12.2. The maximum atomic E-state index is 11.7. The van der Waals surface area contributed by atoms with E-state index in [1.165, 1.54) is 0 Å². The summed E-state index contributed by atoms with van der Waals surface area (Å²) in [5.41, 5.74) is -2.73. The Bertz CT molecular complexity index is 773. The molecule has 1 aliphatic rings. The van der Waals surface area contributed by atoms with Gasteiger partial charge in [-0.2, -0.15) is 0 Å². The summed E-state index contributed by atoms with van der Waals surface area (Å²) in [5.74, 6) is -1.58. The monoisotopic (exact) mass is 386 g/mol. The minimum absolute atomic E-state index is 0.507. The predicted octanol–water partition coefficient (Wildman–Crippen LogP) is -4.08. The second kappa shape index (κ2) is 7.99. The van der Waals surface area contributed by atoms with Gasteiger partial charge in [0.1, 0.15) is 24.0 Å². The van der Waals surface area contributed by atoms with Crippen LogP contribution in [0, 0.1) is 0 Å². The van der Waals surface area contributed by atoms with Crippen LogP contribution in [0.25, 0.3) is 0 Å². The number of rotatable bonds is 3. The van der Waals surface area contributed by atoms with Crippen molar-refractivity contribution >= 4 is 13.8 Å². The highest BCUT2D eigenvalue weighted by Gasteiger charge is 2.44. The van der Waals surface area contributed by atoms with Crippen LogP contribution in [0.3, 0.4) is 0 Å². The Balaban J connectivity index is 0.000000550. The number of hydrogen-bond donors (Lipinski definition) is 8. The van der Waals surface area contributed by atoms with E-state index in [0.717, 1.165) is 0 Å². The van der Waals surface area contributed by atoms with Gasteiger partial charge in [0, 0.05) is 6.07 Å². The number of ether oxygens (including phenoxy) is 1. The van der Waals surface area contributed by atoms with Crippen LogP contribution in [0.2, 0.25) is 0 Å². The number of carbonyl (C=O) groups is 1. The van der Waals surface area contributed by atoms with Gasteiger partial charge in [-0.05, 0) is 0 Å². The highest BCUT2D eigenvalue weighted by Crippen LogP contribution is 2.28. The molecule has 0 aromatic carbocycles. The number of aromatic nitrogens is 2. The van der Waals surface area contributed by atoms with Crippen molar-refractivity contribution in [2.75, 3.05) is 6.61 Å². The normalized spacial score (nSPS) is 26.0. The van der Waals surface area contributed by atoms with Crippen molar-refractivity contribution in [3.8, 4) is 0 Å². The molecule has 1 fully saturated rings. The largest absolute Gasteiger partial charge is 0.477 e. The number of aromatic carboxylic acids is 1. The van der Waals surface area contributed by atoms with Gasteiger partial charge in [-0.25, -0.2) is 14.2 Å². The summed E-state index contributed by atoms with van der Waals surface area (Å²) in [4.78, 5) is 57.3. The van der Waals surface area contributed by atoms with E-state index in [-0.39, 0.29) is 0 Å². The molecule has 0 bridgehead atoms. The maximum absolute atomic E-state index is 11.7. The van der Waals surface area contributed by atoms with Crippen LogP contribution in [-0.4, -0.2) is 75.5 Å². The molecule has 0 amide bonds. The average Bonchev–Trinajstić information content (AvgIpc) is 2.72. The van der Waals surface area contributed by atoms with E-state index >= 15 is 0 Å². The average molecular weight is 386 g/mol. The van der Waals surface area contributed by atoms with Gasteiger partial charge in [-0.3, -0.25) is 14.3 Å². The van der Waals surface area contributed by atoms with Gasteiger partial charge in [0.25, 0.3) is 5.56 Å². The number of aliphatic hydroxyl groups excluding tert-OH is 3. The summed E-state index contributed by atoms with van der Waals surface area (Å²) in [6.07, 6.45) is -5.83. The Kier molecular flexibility index (Phi) is 6.75. The van der Waals surface area contributed by atoms with Crippen LogP contribution in [0.15, 0.2) is 15.7 Å². The van der Waals surface area contributed by atoms with Crippen molar-refractivity contribution in [3.63, 3.8) is 0 Å². The van der Waals surface area contributed by atoms with Gasteiger partial charge >= 0.3 is 19.5 Å². The smallest absolute Gasteiger partial charge is 0.466 e. The lowest BCUT2D eigenvalue weighted by atomic mass is 10.1. The van der Waals surface area contributed by atoms with Crippen LogP contribution in [0.5, 0.6) is 0 Å². The zero-order chi connectivity index (χ0) is 19.5. The summed E-state index contributed by atoms with van der Waals surface area (Å²) in [6.45, 7) is -0.630. The van der Waals surface area contributed by atoms with Crippen molar-refractivity contribution < 1.29 is 49.2 Å². The molecule has 2 heterocycles. The SMILES string of the molecule is O=C(O)c1cc(=O)[nH]c(=O)n1[C@@H]1O[C@H](CO)[C@@H](O)[C@H]1O.O=P(O)(O)O. The molecule has 4 atom stereocenters. The summed E-state index contributed by atoms with van der Waals surface area (Å²) < 4.78 is 14.4. The number of aliphatic hydroxyl groups is 3. The second-order valence-corrected chi connectivity index (χ2v) is 5.77. The van der Waals surface area contributed by atoms with Crippen molar-refractivity contribution in [1.29, 1.82) is 0 Å². The summed E-state index contributed by atoms with van der Waals surface area (Å²) in [7, 11) is -4.64. The van der Waals surface area contributed by atoms with E-state index < -0.39 is 61.9 Å². The number of carboxylic acid groups (broad SMARTS) is 1. The first-order valence-corrected chi connectivity index (χ1v) is 7.93. The zero-order valence-corrected chi connectivity index (χ0v) is 13.1. The van der Waals surface area contributed by atoms with E-state index in [1.54, 1.807) is 0 Å². The maximum Gasteiger partial charge on any atom is 0.466 e. The Morgan fingerprint density at radius 2 is 1.76 bits per heavy atom. The fourth-order valence-electron chi connectivity index (χ4n) is 2.02. The van der Waals surface area contributed by atoms with Crippen molar-refractivity contribution in [2.24, 2.45) is 0 Å². The molecule has 142 valence electrons. The second-order valence-electron chi connectivity index (χ2n) is 4.74. The molecule has 0 radical (unpaired) electrons. The van der Waals surface area contributed by atoms with E-state index in [9.17, 15) is 24.6 Å². The number of phosphoric acid groups is 1. The lowest BCUT2D eigenvalue weighted by molar-refractivity contribution is -0.0562. The van der Waals surface area contributed by atoms with Crippen LogP contribution < -0.4 is 11.2 Å². The Morgan fingerprint density at radius 1 is 1.24 bits per heavy atom. The molecule has 1 saturated heterocycles. The van der Waals surface area contributed by atoms with Crippen molar-refractivity contribution in [1.82, 2.24) is 9.55 Å². The Hall–Kier alpha value is -1.90. The molecule has 1 aliphatic heterocycles. The van der Waals surface area contributed by atoms with E-state index in [0.29, 0.717) is 10.6 Å². The van der Waals surface area contributed by atoms with Gasteiger partial charge < -0.3 is 39.8 Å². The third-order valence-corrected chi connectivity index (χ3v) is 2.97. The summed E-state index contributed by atoms with van der Waals surface area (Å²) in [6, 6.07) is 0.651. The van der Waals surface area contributed by atoms with Crippen LogP contribution in [0.4, 0.5) is 0 Å². The Labute approximate surface area is 137 Å². The first kappa shape index (κ1) is 21.1. The fraction of sp³-hybridized carbons (Fsp3) is 0.500. The number of nitrogens with zero attached hydrogens (tertiary/aromatic N) is 1. The highest BCUT2D eigenvalue weighted by molar-refractivity contribution is 7.45. The summed E-state index contributed by atoms with van der Waals surface area (Å²) in [5, 5.41) is 37.3. The summed E-state index contributed by atoms with van der Waals surface area (Å²) >= 11 is 0. The third kappa shape index (κ3) is 5.55. The molecular formula is C10H15N2O12P. The van der Waals surface area contributed by atoms with Gasteiger partial charge in [0.05, 0.1) is 6.61 Å². The third-order valence-electron chi connectivity index (χ3n) is 2.97. The minimum atomic E-state index is -4.64. The van der Waals surface area contributed by atoms with Gasteiger partial charge in [0.15, 0.2) is 6.23 Å². The van der Waals surface area contributed by atoms with Crippen molar-refractivity contribution in [2.45, 2.75) is 24.5 Å². The lowest BCUT2D eigenvalue weighted by Crippen LogP contribution is -2.40. The van der Waals surface area contributed by atoms with Crippen molar-refractivity contribution in [3.05, 3.63) is 32.6 Å². The molecule has 0 saturated carbocycles.